The molecule has 20 heavy (non-hydrogen) atoms. The number of carbonyl (C=O) groups is 1. The molecule has 1 amide bonds. The van der Waals surface area contributed by atoms with Crippen LogP contribution in [-0.2, 0) is 6.42 Å². The molecule has 1 N–H and O–H groups in total. The number of rotatable bonds is 3. The van der Waals surface area contributed by atoms with E-state index in [0.29, 0.717) is 12.3 Å². The van der Waals surface area contributed by atoms with Crippen molar-refractivity contribution in [3.05, 3.63) is 35.6 Å². The van der Waals surface area contributed by atoms with Gasteiger partial charge in [-0.25, -0.2) is 9.18 Å². The lowest BCUT2D eigenvalue weighted by molar-refractivity contribution is 0.0525. The Morgan fingerprint density at radius 2 is 1.90 bits per heavy atom. The number of amides is 1. The summed E-state index contributed by atoms with van der Waals surface area (Å²) in [6, 6.07) is 6.45. The molecule has 110 valence electrons. The largest absolute Gasteiger partial charge is 0.465 e. The molecule has 0 aromatic heterocycles. The van der Waals surface area contributed by atoms with Gasteiger partial charge >= 0.3 is 6.09 Å². The minimum atomic E-state index is -0.837. The van der Waals surface area contributed by atoms with Crippen LogP contribution in [0, 0.1) is 11.7 Å². The molecule has 1 saturated heterocycles. The molecule has 1 heterocycles. The van der Waals surface area contributed by atoms with Crippen molar-refractivity contribution in [2.45, 2.75) is 51.6 Å². The molecule has 0 spiro atoms. The minimum absolute atomic E-state index is 0.00772. The van der Waals surface area contributed by atoms with Gasteiger partial charge in [-0.15, -0.1) is 0 Å². The predicted molar refractivity (Wildman–Crippen MR) is 76.2 cm³/mol. The van der Waals surface area contributed by atoms with Crippen LogP contribution in [0.3, 0.4) is 0 Å². The second-order valence-corrected chi connectivity index (χ2v) is 5.81. The Morgan fingerprint density at radius 1 is 1.30 bits per heavy atom. The van der Waals surface area contributed by atoms with Crippen LogP contribution >= 0.6 is 0 Å². The van der Waals surface area contributed by atoms with Crippen molar-refractivity contribution in [1.29, 1.82) is 0 Å². The zero-order chi connectivity index (χ0) is 14.7. The van der Waals surface area contributed by atoms with E-state index in [4.69, 9.17) is 0 Å². The monoisotopic (exact) mass is 279 g/mol. The first-order chi connectivity index (χ1) is 9.51. The number of benzene rings is 1. The number of nitrogens with zero attached hydrogens (tertiary/aromatic N) is 1. The van der Waals surface area contributed by atoms with E-state index in [1.54, 1.807) is 17.0 Å². The van der Waals surface area contributed by atoms with Crippen molar-refractivity contribution in [2.75, 3.05) is 0 Å². The fourth-order valence-electron chi connectivity index (χ4n) is 3.30. The number of piperidine rings is 1. The second-order valence-electron chi connectivity index (χ2n) is 5.81. The highest BCUT2D eigenvalue weighted by molar-refractivity contribution is 5.66. The predicted octanol–water partition coefficient (Wildman–Crippen LogP) is 3.93. The minimum Gasteiger partial charge on any atom is -0.465 e. The SMILES string of the molecule is CC[C@@H]1C[C@H](C)C[C@H](Cc2ccc(F)cc2)N1C(=O)O. The Balaban J connectivity index is 2.17. The fourth-order valence-corrected chi connectivity index (χ4v) is 3.30. The van der Waals surface area contributed by atoms with Gasteiger partial charge in [0.25, 0.3) is 0 Å². The van der Waals surface area contributed by atoms with E-state index in [1.165, 1.54) is 12.1 Å². The number of halogens is 1. The van der Waals surface area contributed by atoms with Gasteiger partial charge in [0, 0.05) is 12.1 Å². The average Bonchev–Trinajstić information content (AvgIpc) is 2.40. The molecule has 1 aromatic rings. The Bertz CT molecular complexity index is 460. The number of hydrogen-bond donors (Lipinski definition) is 1. The highest BCUT2D eigenvalue weighted by Gasteiger charge is 2.36. The highest BCUT2D eigenvalue weighted by Crippen LogP contribution is 2.31. The van der Waals surface area contributed by atoms with Gasteiger partial charge in [-0.05, 0) is 49.3 Å². The van der Waals surface area contributed by atoms with Crippen molar-refractivity contribution in [2.24, 2.45) is 5.92 Å². The molecular formula is C16H22FNO2. The Hall–Kier alpha value is -1.58. The van der Waals surface area contributed by atoms with Gasteiger partial charge < -0.3 is 10.0 Å². The first-order valence-corrected chi connectivity index (χ1v) is 7.27. The quantitative estimate of drug-likeness (QED) is 0.910. The summed E-state index contributed by atoms with van der Waals surface area (Å²) >= 11 is 0. The van der Waals surface area contributed by atoms with Gasteiger partial charge in [-0.3, -0.25) is 0 Å². The van der Waals surface area contributed by atoms with Gasteiger partial charge in [-0.1, -0.05) is 26.0 Å². The van der Waals surface area contributed by atoms with Crippen molar-refractivity contribution < 1.29 is 14.3 Å². The molecule has 3 atom stereocenters. The van der Waals surface area contributed by atoms with E-state index < -0.39 is 6.09 Å². The maximum atomic E-state index is 12.9. The molecule has 1 aliphatic rings. The van der Waals surface area contributed by atoms with Crippen LogP contribution in [0.1, 0.15) is 38.7 Å². The van der Waals surface area contributed by atoms with Crippen molar-refractivity contribution in [3.63, 3.8) is 0 Å². The van der Waals surface area contributed by atoms with Gasteiger partial charge in [0.2, 0.25) is 0 Å². The van der Waals surface area contributed by atoms with Gasteiger partial charge in [0.05, 0.1) is 0 Å². The molecule has 3 nitrogen and oxygen atoms in total. The standard InChI is InChI=1S/C16H22FNO2/c1-3-14-8-11(2)9-15(18(14)16(19)20)10-12-4-6-13(17)7-5-12/h4-7,11,14-15H,3,8-10H2,1-2H3,(H,19,20)/t11-,14+,15+/m0/s1. The molecule has 0 unspecified atom stereocenters. The summed E-state index contributed by atoms with van der Waals surface area (Å²) in [5.74, 6) is 0.272. The van der Waals surface area contributed by atoms with Crippen LogP contribution in [0.2, 0.25) is 0 Å². The Labute approximate surface area is 119 Å². The third-order valence-electron chi connectivity index (χ3n) is 4.21. The summed E-state index contributed by atoms with van der Waals surface area (Å²) in [7, 11) is 0. The molecular weight excluding hydrogens is 257 g/mol. The summed E-state index contributed by atoms with van der Waals surface area (Å²) in [6.45, 7) is 4.22. The van der Waals surface area contributed by atoms with Crippen LogP contribution in [0.15, 0.2) is 24.3 Å². The molecule has 2 rings (SSSR count). The summed E-state index contributed by atoms with van der Waals surface area (Å²) < 4.78 is 12.9. The molecule has 4 heteroatoms. The summed E-state index contributed by atoms with van der Waals surface area (Å²) in [4.78, 5) is 13.2. The van der Waals surface area contributed by atoms with E-state index in [1.807, 2.05) is 6.92 Å². The number of hydrogen-bond acceptors (Lipinski definition) is 1. The first kappa shape index (κ1) is 14.8. The lowest BCUT2D eigenvalue weighted by Crippen LogP contribution is -2.52. The third-order valence-corrected chi connectivity index (χ3v) is 4.21. The Kier molecular flexibility index (Phi) is 4.63. The van der Waals surface area contributed by atoms with Crippen LogP contribution in [0.25, 0.3) is 0 Å². The summed E-state index contributed by atoms with van der Waals surface area (Å²) in [5, 5.41) is 9.48. The smallest absolute Gasteiger partial charge is 0.407 e. The molecule has 0 saturated carbocycles. The molecule has 0 bridgehead atoms. The van der Waals surface area contributed by atoms with Crippen molar-refractivity contribution >= 4 is 6.09 Å². The normalized spacial score (nSPS) is 26.6. The van der Waals surface area contributed by atoms with Crippen LogP contribution in [0.5, 0.6) is 0 Å². The molecule has 1 aromatic carbocycles. The van der Waals surface area contributed by atoms with Crippen LogP contribution in [0.4, 0.5) is 9.18 Å². The van der Waals surface area contributed by atoms with Gasteiger partial charge in [0.1, 0.15) is 5.82 Å². The molecule has 0 radical (unpaired) electrons. The van der Waals surface area contributed by atoms with E-state index in [2.05, 4.69) is 6.92 Å². The van der Waals surface area contributed by atoms with Gasteiger partial charge in [-0.2, -0.15) is 0 Å². The first-order valence-electron chi connectivity index (χ1n) is 7.27. The van der Waals surface area contributed by atoms with Crippen LogP contribution in [-0.4, -0.2) is 28.2 Å². The van der Waals surface area contributed by atoms with Gasteiger partial charge in [0.15, 0.2) is 0 Å². The summed E-state index contributed by atoms with van der Waals surface area (Å²) in [5.41, 5.74) is 0.992. The van der Waals surface area contributed by atoms with Crippen LogP contribution < -0.4 is 0 Å². The van der Waals surface area contributed by atoms with E-state index in [0.717, 1.165) is 24.8 Å². The molecule has 1 fully saturated rings. The highest BCUT2D eigenvalue weighted by atomic mass is 19.1. The zero-order valence-electron chi connectivity index (χ0n) is 12.1. The Morgan fingerprint density at radius 3 is 2.45 bits per heavy atom. The topological polar surface area (TPSA) is 40.5 Å². The lowest BCUT2D eigenvalue weighted by Gasteiger charge is -2.43. The van der Waals surface area contributed by atoms with Crippen molar-refractivity contribution in [3.8, 4) is 0 Å². The van der Waals surface area contributed by atoms with Crippen molar-refractivity contribution in [1.82, 2.24) is 4.90 Å². The van der Waals surface area contributed by atoms with E-state index in [-0.39, 0.29) is 17.9 Å². The van der Waals surface area contributed by atoms with E-state index >= 15 is 0 Å². The third kappa shape index (κ3) is 3.30. The number of likely N-dealkylation sites (tertiary alicyclic amines) is 1. The fraction of sp³-hybridized carbons (Fsp3) is 0.562. The lowest BCUT2D eigenvalue weighted by atomic mass is 9.84. The second kappa shape index (κ2) is 6.25. The zero-order valence-corrected chi connectivity index (χ0v) is 12.1. The molecule has 1 aliphatic heterocycles. The average molecular weight is 279 g/mol. The van der Waals surface area contributed by atoms with E-state index in [9.17, 15) is 14.3 Å². The number of carboxylic acid groups (broad SMARTS) is 1. The molecule has 0 aliphatic carbocycles. The maximum absolute atomic E-state index is 12.9. The maximum Gasteiger partial charge on any atom is 0.407 e. The summed E-state index contributed by atoms with van der Waals surface area (Å²) in [6.07, 6.45) is 2.48.